The van der Waals surface area contributed by atoms with E-state index in [2.05, 4.69) is 11.9 Å². The summed E-state index contributed by atoms with van der Waals surface area (Å²) in [6, 6.07) is -0.134. The van der Waals surface area contributed by atoms with Crippen LogP contribution in [0.25, 0.3) is 0 Å². The summed E-state index contributed by atoms with van der Waals surface area (Å²) in [5.41, 5.74) is 0. The maximum atomic E-state index is 10.5. The van der Waals surface area contributed by atoms with Crippen molar-refractivity contribution < 1.29 is 9.53 Å². The zero-order valence-electron chi connectivity index (χ0n) is 5.34. The van der Waals surface area contributed by atoms with E-state index in [1.165, 1.54) is 0 Å². The third-order valence-electron chi connectivity index (χ3n) is 1.35. The molecule has 1 saturated heterocycles. The van der Waals surface area contributed by atoms with Crippen LogP contribution in [0.4, 0.5) is 4.79 Å². The van der Waals surface area contributed by atoms with Crippen LogP contribution in [0.5, 0.6) is 0 Å². The number of nitrogens with one attached hydrogen (secondary N) is 1. The molecule has 0 aromatic heterocycles. The SMILES string of the molecule is C=C[C@@H]1NC(=O)O[C@@H]1CCl. The summed E-state index contributed by atoms with van der Waals surface area (Å²) >= 11 is 5.48. The molecule has 1 heterocycles. The van der Waals surface area contributed by atoms with Gasteiger partial charge >= 0.3 is 6.09 Å². The van der Waals surface area contributed by atoms with Crippen LogP contribution in [0.1, 0.15) is 0 Å². The van der Waals surface area contributed by atoms with Crippen LogP contribution in [-0.4, -0.2) is 24.1 Å². The highest BCUT2D eigenvalue weighted by Crippen LogP contribution is 2.10. The molecular weight excluding hydrogens is 154 g/mol. The monoisotopic (exact) mass is 161 g/mol. The van der Waals surface area contributed by atoms with Gasteiger partial charge in [0.25, 0.3) is 0 Å². The van der Waals surface area contributed by atoms with Crippen molar-refractivity contribution in [1.82, 2.24) is 5.32 Å². The molecule has 56 valence electrons. The van der Waals surface area contributed by atoms with E-state index >= 15 is 0 Å². The van der Waals surface area contributed by atoms with Crippen LogP contribution in [-0.2, 0) is 4.74 Å². The van der Waals surface area contributed by atoms with E-state index in [1.54, 1.807) is 6.08 Å². The second kappa shape index (κ2) is 2.92. The molecule has 1 rings (SSSR count). The number of hydrogen-bond acceptors (Lipinski definition) is 2. The smallest absolute Gasteiger partial charge is 0.408 e. The van der Waals surface area contributed by atoms with E-state index in [1.807, 2.05) is 0 Å². The molecule has 2 atom stereocenters. The summed E-state index contributed by atoms with van der Waals surface area (Å²) in [4.78, 5) is 10.5. The number of halogens is 1. The Morgan fingerprint density at radius 2 is 2.60 bits per heavy atom. The molecule has 0 spiro atoms. The summed E-state index contributed by atoms with van der Waals surface area (Å²) in [6.07, 6.45) is 0.931. The molecule has 1 amide bonds. The zero-order chi connectivity index (χ0) is 7.56. The molecular formula is C6H8ClNO2. The summed E-state index contributed by atoms with van der Waals surface area (Å²) in [6.45, 7) is 3.52. The normalized spacial score (nSPS) is 31.1. The van der Waals surface area contributed by atoms with Gasteiger partial charge in [0.05, 0.1) is 11.9 Å². The fourth-order valence-corrected chi connectivity index (χ4v) is 1.07. The lowest BCUT2D eigenvalue weighted by atomic mass is 10.2. The Morgan fingerprint density at radius 3 is 3.00 bits per heavy atom. The third-order valence-corrected chi connectivity index (χ3v) is 1.65. The van der Waals surface area contributed by atoms with Crippen LogP contribution in [0.2, 0.25) is 0 Å². The number of hydrogen-bond donors (Lipinski definition) is 1. The van der Waals surface area contributed by atoms with Crippen molar-refractivity contribution in [3.8, 4) is 0 Å². The van der Waals surface area contributed by atoms with Crippen molar-refractivity contribution in [1.29, 1.82) is 0 Å². The van der Waals surface area contributed by atoms with Gasteiger partial charge in [-0.2, -0.15) is 0 Å². The Morgan fingerprint density at radius 1 is 1.90 bits per heavy atom. The third kappa shape index (κ3) is 1.24. The van der Waals surface area contributed by atoms with Crippen LogP contribution < -0.4 is 5.32 Å². The Kier molecular flexibility index (Phi) is 2.17. The van der Waals surface area contributed by atoms with Gasteiger partial charge in [-0.1, -0.05) is 6.08 Å². The molecule has 1 aliphatic heterocycles. The fourth-order valence-electron chi connectivity index (χ4n) is 0.812. The highest BCUT2D eigenvalue weighted by molar-refractivity contribution is 6.18. The number of ether oxygens (including phenoxy) is 1. The highest BCUT2D eigenvalue weighted by Gasteiger charge is 2.30. The molecule has 0 aromatic rings. The number of amides is 1. The summed E-state index contributed by atoms with van der Waals surface area (Å²) in [7, 11) is 0. The largest absolute Gasteiger partial charge is 0.442 e. The Bertz CT molecular complexity index is 160. The van der Waals surface area contributed by atoms with Gasteiger partial charge in [0.15, 0.2) is 0 Å². The number of alkyl halides is 1. The van der Waals surface area contributed by atoms with Gasteiger partial charge < -0.3 is 10.1 Å². The average molecular weight is 162 g/mol. The summed E-state index contributed by atoms with van der Waals surface area (Å²) in [5, 5.41) is 2.54. The zero-order valence-corrected chi connectivity index (χ0v) is 6.10. The lowest BCUT2D eigenvalue weighted by molar-refractivity contribution is 0.146. The van der Waals surface area contributed by atoms with Gasteiger partial charge in [-0.25, -0.2) is 4.79 Å². The van der Waals surface area contributed by atoms with Crippen LogP contribution in [0.15, 0.2) is 12.7 Å². The quantitative estimate of drug-likeness (QED) is 0.483. The molecule has 1 N–H and O–H groups in total. The van der Waals surface area contributed by atoms with Crippen LogP contribution in [0, 0.1) is 0 Å². The molecule has 0 aliphatic carbocycles. The second-order valence-corrected chi connectivity index (χ2v) is 2.31. The Labute approximate surface area is 64.0 Å². The maximum absolute atomic E-state index is 10.5. The van der Waals surface area contributed by atoms with Crippen molar-refractivity contribution >= 4 is 17.7 Å². The Hall–Kier alpha value is -0.700. The second-order valence-electron chi connectivity index (χ2n) is 2.00. The molecule has 0 bridgehead atoms. The van der Waals surface area contributed by atoms with Crippen molar-refractivity contribution in [3.63, 3.8) is 0 Å². The van der Waals surface area contributed by atoms with Gasteiger partial charge in [-0.15, -0.1) is 18.2 Å². The number of alkyl carbamates (subject to hydrolysis) is 1. The first kappa shape index (κ1) is 7.41. The van der Waals surface area contributed by atoms with Crippen molar-refractivity contribution in [2.75, 3.05) is 5.88 Å². The molecule has 10 heavy (non-hydrogen) atoms. The van der Waals surface area contributed by atoms with E-state index in [0.717, 1.165) is 0 Å². The number of cyclic esters (lactones) is 1. The maximum Gasteiger partial charge on any atom is 0.408 e. The molecule has 0 saturated carbocycles. The molecule has 4 heteroatoms. The molecule has 1 fully saturated rings. The molecule has 0 unspecified atom stereocenters. The van der Waals surface area contributed by atoms with E-state index in [4.69, 9.17) is 16.3 Å². The fraction of sp³-hybridized carbons (Fsp3) is 0.500. The van der Waals surface area contributed by atoms with E-state index in [-0.39, 0.29) is 12.1 Å². The van der Waals surface area contributed by atoms with Crippen LogP contribution >= 0.6 is 11.6 Å². The van der Waals surface area contributed by atoms with Crippen molar-refractivity contribution in [2.24, 2.45) is 0 Å². The molecule has 0 aromatic carbocycles. The minimum Gasteiger partial charge on any atom is -0.442 e. The minimum atomic E-state index is -0.421. The van der Waals surface area contributed by atoms with E-state index in [0.29, 0.717) is 5.88 Å². The first-order chi connectivity index (χ1) is 4.77. The first-order valence-electron chi connectivity index (χ1n) is 2.93. The molecule has 1 aliphatic rings. The topological polar surface area (TPSA) is 38.3 Å². The number of carbonyl (C=O) groups is 1. The number of rotatable bonds is 2. The van der Waals surface area contributed by atoms with Crippen molar-refractivity contribution in [3.05, 3.63) is 12.7 Å². The lowest BCUT2D eigenvalue weighted by Gasteiger charge is -2.07. The minimum absolute atomic E-state index is 0.134. The van der Waals surface area contributed by atoms with Gasteiger partial charge in [0, 0.05) is 0 Å². The summed E-state index contributed by atoms with van der Waals surface area (Å²) < 4.78 is 4.76. The predicted molar refractivity (Wildman–Crippen MR) is 38.1 cm³/mol. The lowest BCUT2D eigenvalue weighted by Crippen LogP contribution is -2.29. The van der Waals surface area contributed by atoms with Gasteiger partial charge in [-0.3, -0.25) is 0 Å². The predicted octanol–water partition coefficient (Wildman–Crippen LogP) is 0.888. The highest BCUT2D eigenvalue weighted by atomic mass is 35.5. The van der Waals surface area contributed by atoms with E-state index in [9.17, 15) is 4.79 Å². The summed E-state index contributed by atoms with van der Waals surface area (Å²) in [5.74, 6) is 0.301. The molecule has 0 radical (unpaired) electrons. The Balaban J connectivity index is 2.56. The molecule has 3 nitrogen and oxygen atoms in total. The van der Waals surface area contributed by atoms with Gasteiger partial charge in [0.1, 0.15) is 6.10 Å². The van der Waals surface area contributed by atoms with Gasteiger partial charge in [0.2, 0.25) is 0 Å². The van der Waals surface area contributed by atoms with Crippen molar-refractivity contribution in [2.45, 2.75) is 12.1 Å². The van der Waals surface area contributed by atoms with Gasteiger partial charge in [-0.05, 0) is 0 Å². The number of carbonyl (C=O) groups excluding carboxylic acids is 1. The standard InChI is InChI=1S/C6H8ClNO2/c1-2-4-5(3-7)10-6(9)8-4/h2,4-5H,1,3H2,(H,8,9)/t4-,5+/m0/s1. The van der Waals surface area contributed by atoms with Crippen LogP contribution in [0.3, 0.4) is 0 Å². The van der Waals surface area contributed by atoms with E-state index < -0.39 is 6.09 Å². The average Bonchev–Trinajstić information content (AvgIpc) is 2.30. The first-order valence-corrected chi connectivity index (χ1v) is 3.47.